The van der Waals surface area contributed by atoms with E-state index in [0.717, 1.165) is 52.0 Å². The van der Waals surface area contributed by atoms with Crippen molar-refractivity contribution in [2.45, 2.75) is 19.8 Å². The van der Waals surface area contributed by atoms with E-state index in [4.69, 9.17) is 9.97 Å². The molecule has 2 radical (unpaired) electrons. The van der Waals surface area contributed by atoms with Gasteiger partial charge in [0.1, 0.15) is 5.65 Å². The van der Waals surface area contributed by atoms with Gasteiger partial charge in [-0.2, -0.15) is 131 Å². The molecule has 60 heavy (non-hydrogen) atoms. The molecule has 0 atom stereocenters. The Bertz CT molecular complexity index is 2940. The first-order chi connectivity index (χ1) is 28.6. The molecule has 0 spiro atoms. The van der Waals surface area contributed by atoms with Gasteiger partial charge in [-0.05, 0) is 43.5 Å². The maximum atomic E-state index is 4.75. The molecule has 0 saturated carbocycles. The molecular formula is C54H38N4Y2-4. The number of aryl methyl sites for hydroxylation is 1. The quantitative estimate of drug-likeness (QED) is 0.143. The summed E-state index contributed by atoms with van der Waals surface area (Å²) in [4.78, 5) is 14.0. The minimum absolute atomic E-state index is 0. The number of benzene rings is 7. The van der Waals surface area contributed by atoms with Crippen LogP contribution in [0.15, 0.2) is 188 Å². The monoisotopic (exact) mass is 920 g/mol. The second-order valence-corrected chi connectivity index (χ2v) is 14.3. The second-order valence-electron chi connectivity index (χ2n) is 14.3. The van der Waals surface area contributed by atoms with Crippen molar-refractivity contribution in [2.75, 3.05) is 0 Å². The van der Waals surface area contributed by atoms with Crippen molar-refractivity contribution < 1.29 is 65.4 Å². The zero-order valence-corrected chi connectivity index (χ0v) is 38.9. The molecule has 3 aromatic heterocycles. The second kappa shape index (κ2) is 20.4. The summed E-state index contributed by atoms with van der Waals surface area (Å²) >= 11 is 0. The summed E-state index contributed by atoms with van der Waals surface area (Å²) in [6.45, 7) is 2.09. The molecule has 284 valence electrons. The molecule has 0 saturated heterocycles. The van der Waals surface area contributed by atoms with E-state index in [1.165, 1.54) is 50.1 Å². The van der Waals surface area contributed by atoms with Crippen molar-refractivity contribution in [3.63, 3.8) is 0 Å². The van der Waals surface area contributed by atoms with Crippen LogP contribution in [0.2, 0.25) is 0 Å². The van der Waals surface area contributed by atoms with Crippen molar-refractivity contribution in [3.05, 3.63) is 241 Å². The number of hydrogen-bond donors (Lipinski definition) is 0. The van der Waals surface area contributed by atoms with Crippen molar-refractivity contribution in [3.8, 4) is 44.8 Å². The predicted molar refractivity (Wildman–Crippen MR) is 235 cm³/mol. The van der Waals surface area contributed by atoms with Crippen LogP contribution in [0, 0.1) is 31.2 Å². The SMILES string of the molecule is Cc1ccc2nc(-c3ccc(-c4ccc[c-]c4Cc4[c-]cccc4)cc3)cn2c1.[Y].[Y].[c-]1ccccc1Cc1[c-]cccc1-c1ccc(-c2cnc3ccccc3n2)cc1. The number of imidazole rings is 1. The molecule has 0 aliphatic carbocycles. The molecule has 0 aliphatic heterocycles. The first-order valence-electron chi connectivity index (χ1n) is 19.4. The van der Waals surface area contributed by atoms with Crippen LogP contribution in [0.25, 0.3) is 61.4 Å². The smallest absolute Gasteiger partial charge is 0.137 e. The number of rotatable bonds is 8. The minimum Gasteiger partial charge on any atom is -0.306 e. The molecule has 10 aromatic rings. The standard InChI is InChI=1S/C27H20N2.C27H18N2.2Y/c1-20-11-16-27-28-26(19-29(27)18-20)23-14-12-22(13-15-23)25-10-6-5-9-24(25)17-21-7-3-2-4-8-21;1-2-8-20(9-3-1)18-23-10-4-5-11-24(23)21-14-16-22(17-15-21)27-19-28-25-12-6-7-13-26(25)29-27;;/h2-7,10-16,18-19H,17H2,1H3;1-8,11-17,19H,18H2;;/q2*-2;;. The summed E-state index contributed by atoms with van der Waals surface area (Å²) in [6.07, 6.45) is 7.67. The van der Waals surface area contributed by atoms with Crippen LogP contribution in [-0.4, -0.2) is 19.4 Å². The Morgan fingerprint density at radius 3 is 1.53 bits per heavy atom. The summed E-state index contributed by atoms with van der Waals surface area (Å²) in [7, 11) is 0. The Kier molecular flexibility index (Phi) is 14.6. The molecule has 0 unspecified atom stereocenters. The van der Waals surface area contributed by atoms with Crippen LogP contribution in [-0.2, 0) is 78.3 Å². The van der Waals surface area contributed by atoms with Gasteiger partial charge in [-0.3, -0.25) is 4.98 Å². The van der Waals surface area contributed by atoms with Crippen LogP contribution in [0.5, 0.6) is 0 Å². The molecule has 0 bridgehead atoms. The number of aromatic nitrogens is 4. The van der Waals surface area contributed by atoms with Crippen molar-refractivity contribution in [1.82, 2.24) is 19.4 Å². The number of fused-ring (bicyclic) bond motifs is 2. The number of hydrogen-bond acceptors (Lipinski definition) is 3. The maximum Gasteiger partial charge on any atom is 0.137 e. The van der Waals surface area contributed by atoms with Gasteiger partial charge in [0.15, 0.2) is 0 Å². The fourth-order valence-electron chi connectivity index (χ4n) is 7.22. The Labute approximate surface area is 402 Å². The molecule has 0 fully saturated rings. The summed E-state index contributed by atoms with van der Waals surface area (Å²) < 4.78 is 2.08. The summed E-state index contributed by atoms with van der Waals surface area (Å²) in [6, 6.07) is 71.3. The van der Waals surface area contributed by atoms with Gasteiger partial charge < -0.3 is 4.40 Å². The average Bonchev–Trinajstić information content (AvgIpc) is 3.71. The van der Waals surface area contributed by atoms with E-state index in [-0.39, 0.29) is 65.4 Å². The van der Waals surface area contributed by atoms with E-state index in [2.05, 4.69) is 144 Å². The van der Waals surface area contributed by atoms with Gasteiger partial charge in [-0.15, -0.1) is 11.1 Å². The van der Waals surface area contributed by atoms with E-state index in [0.29, 0.717) is 0 Å². The largest absolute Gasteiger partial charge is 0.306 e. The molecule has 4 nitrogen and oxygen atoms in total. The van der Waals surface area contributed by atoms with E-state index >= 15 is 0 Å². The van der Waals surface area contributed by atoms with Crippen molar-refractivity contribution in [1.29, 1.82) is 0 Å². The third-order valence-electron chi connectivity index (χ3n) is 10.2. The predicted octanol–water partition coefficient (Wildman–Crippen LogP) is 12.3. The molecule has 0 amide bonds. The first-order valence-corrected chi connectivity index (χ1v) is 19.4. The maximum absolute atomic E-state index is 4.75. The third-order valence-corrected chi connectivity index (χ3v) is 10.2. The van der Waals surface area contributed by atoms with E-state index in [9.17, 15) is 0 Å². The molecule has 7 aromatic carbocycles. The van der Waals surface area contributed by atoms with Gasteiger partial charge in [-0.1, -0.05) is 77.9 Å². The zero-order valence-electron chi connectivity index (χ0n) is 33.3. The Balaban J connectivity index is 0.000000176. The van der Waals surface area contributed by atoms with E-state index in [1.54, 1.807) is 0 Å². The minimum atomic E-state index is 0. The number of nitrogens with zero attached hydrogens (tertiary/aromatic N) is 4. The molecule has 0 N–H and O–H groups in total. The number of para-hydroxylation sites is 2. The fourth-order valence-corrected chi connectivity index (χ4v) is 7.22. The van der Waals surface area contributed by atoms with E-state index in [1.807, 2.05) is 85.1 Å². The fraction of sp³-hybridized carbons (Fsp3) is 0.0556. The van der Waals surface area contributed by atoms with Crippen molar-refractivity contribution in [2.24, 2.45) is 0 Å². The average molecular weight is 921 g/mol. The van der Waals surface area contributed by atoms with Crippen LogP contribution in [0.4, 0.5) is 0 Å². The van der Waals surface area contributed by atoms with Gasteiger partial charge in [0.05, 0.1) is 28.6 Å². The first kappa shape index (κ1) is 42.9. The van der Waals surface area contributed by atoms with E-state index < -0.39 is 0 Å². The third kappa shape index (κ3) is 10.2. The zero-order chi connectivity index (χ0) is 39.1. The Morgan fingerprint density at radius 2 is 0.967 bits per heavy atom. The molecule has 0 aliphatic rings. The molecule has 10 rings (SSSR count). The van der Waals surface area contributed by atoms with Gasteiger partial charge in [-0.25, -0.2) is 9.97 Å². The van der Waals surface area contributed by atoms with Crippen LogP contribution < -0.4 is 0 Å². The van der Waals surface area contributed by atoms with Gasteiger partial charge in [0.2, 0.25) is 0 Å². The van der Waals surface area contributed by atoms with Crippen LogP contribution >= 0.6 is 0 Å². The Morgan fingerprint density at radius 1 is 0.450 bits per heavy atom. The molecule has 3 heterocycles. The van der Waals surface area contributed by atoms with Gasteiger partial charge in [0, 0.05) is 88.9 Å². The summed E-state index contributed by atoms with van der Waals surface area (Å²) in [5.41, 5.74) is 17.5. The van der Waals surface area contributed by atoms with Crippen LogP contribution in [0.1, 0.15) is 27.8 Å². The summed E-state index contributed by atoms with van der Waals surface area (Å²) in [5, 5.41) is 0. The topological polar surface area (TPSA) is 43.1 Å². The van der Waals surface area contributed by atoms with Gasteiger partial charge >= 0.3 is 0 Å². The molecular weight excluding hydrogens is 882 g/mol. The van der Waals surface area contributed by atoms with Crippen LogP contribution in [0.3, 0.4) is 0 Å². The van der Waals surface area contributed by atoms with Crippen molar-refractivity contribution >= 4 is 16.7 Å². The number of pyridine rings is 1. The van der Waals surface area contributed by atoms with Gasteiger partial charge in [0.25, 0.3) is 0 Å². The Hall–Kier alpha value is -5.22. The normalized spacial score (nSPS) is 10.6. The summed E-state index contributed by atoms with van der Waals surface area (Å²) in [5.74, 6) is 0. The molecule has 6 heteroatoms.